The molecule has 0 aliphatic rings. The van der Waals surface area contributed by atoms with Crippen molar-refractivity contribution < 1.29 is 23.1 Å². The van der Waals surface area contributed by atoms with Crippen LogP contribution in [-0.2, 0) is 0 Å². The number of carbonyl (C=O) groups excluding carboxylic acids is 2. The highest BCUT2D eigenvalue weighted by molar-refractivity contribution is 6.05. The van der Waals surface area contributed by atoms with Crippen molar-refractivity contribution in [3.05, 3.63) is 108 Å². The van der Waals surface area contributed by atoms with Crippen molar-refractivity contribution >= 4 is 23.2 Å². The second-order valence-electron chi connectivity index (χ2n) is 6.54. The van der Waals surface area contributed by atoms with Gasteiger partial charge in [-0.2, -0.15) is 0 Å². The van der Waals surface area contributed by atoms with Crippen molar-refractivity contribution in [1.29, 1.82) is 0 Å². The molecule has 6 nitrogen and oxygen atoms in total. The number of halogens is 1. The Hall–Kier alpha value is -4.39. The molecular weight excluding hydrogens is 399 g/mol. The van der Waals surface area contributed by atoms with Crippen LogP contribution in [0, 0.1) is 5.82 Å². The van der Waals surface area contributed by atoms with Gasteiger partial charge in [-0.1, -0.05) is 0 Å². The van der Waals surface area contributed by atoms with Gasteiger partial charge in [0.25, 0.3) is 11.8 Å². The maximum atomic E-state index is 13.0. The summed E-state index contributed by atoms with van der Waals surface area (Å²) in [6.07, 6.45) is 1.42. The molecule has 0 atom stereocenters. The summed E-state index contributed by atoms with van der Waals surface area (Å²) in [5, 5.41) is 5.48. The van der Waals surface area contributed by atoms with Gasteiger partial charge in [0.2, 0.25) is 0 Å². The lowest BCUT2D eigenvalue weighted by atomic mass is 10.2. The topological polar surface area (TPSA) is 80.6 Å². The molecule has 0 fully saturated rings. The van der Waals surface area contributed by atoms with Crippen LogP contribution >= 0.6 is 0 Å². The number of nitrogens with one attached hydrogen (secondary N) is 2. The summed E-state index contributed by atoms with van der Waals surface area (Å²) in [6.45, 7) is 0. The first kappa shape index (κ1) is 19.9. The van der Waals surface area contributed by atoms with Gasteiger partial charge in [-0.05, 0) is 84.9 Å². The third-order valence-electron chi connectivity index (χ3n) is 4.31. The van der Waals surface area contributed by atoms with Crippen molar-refractivity contribution in [3.8, 4) is 11.5 Å². The molecule has 1 aromatic heterocycles. The van der Waals surface area contributed by atoms with Gasteiger partial charge >= 0.3 is 0 Å². The number of benzene rings is 3. The Kier molecular flexibility index (Phi) is 5.75. The second kappa shape index (κ2) is 8.96. The SMILES string of the molecule is O=C(Nc1ccc(Oc2ccc(F)cc2)cc1)c1ccc(NC(=O)c2ccco2)cc1. The van der Waals surface area contributed by atoms with Crippen molar-refractivity contribution in [1.82, 2.24) is 0 Å². The van der Waals surface area contributed by atoms with E-state index in [-0.39, 0.29) is 23.4 Å². The first-order chi connectivity index (χ1) is 15.1. The lowest BCUT2D eigenvalue weighted by Crippen LogP contribution is -2.13. The van der Waals surface area contributed by atoms with E-state index in [9.17, 15) is 14.0 Å². The van der Waals surface area contributed by atoms with E-state index in [1.807, 2.05) is 0 Å². The second-order valence-corrected chi connectivity index (χ2v) is 6.54. The molecule has 3 aromatic carbocycles. The first-order valence-electron chi connectivity index (χ1n) is 9.36. The monoisotopic (exact) mass is 416 g/mol. The van der Waals surface area contributed by atoms with Crippen LogP contribution in [0.4, 0.5) is 15.8 Å². The van der Waals surface area contributed by atoms with Crippen LogP contribution in [0.25, 0.3) is 0 Å². The number of amides is 2. The molecule has 0 aliphatic heterocycles. The smallest absolute Gasteiger partial charge is 0.291 e. The fraction of sp³-hybridized carbons (Fsp3) is 0. The zero-order valence-corrected chi connectivity index (χ0v) is 16.2. The van der Waals surface area contributed by atoms with Gasteiger partial charge < -0.3 is 19.8 Å². The summed E-state index contributed by atoms with van der Waals surface area (Å²) in [6, 6.07) is 22.2. The van der Waals surface area contributed by atoms with Crippen LogP contribution in [0.3, 0.4) is 0 Å². The molecule has 0 saturated carbocycles. The highest BCUT2D eigenvalue weighted by Crippen LogP contribution is 2.23. The van der Waals surface area contributed by atoms with Crippen LogP contribution in [0.15, 0.2) is 95.6 Å². The number of hydrogen-bond donors (Lipinski definition) is 2. The average molecular weight is 416 g/mol. The van der Waals surface area contributed by atoms with E-state index >= 15 is 0 Å². The quantitative estimate of drug-likeness (QED) is 0.422. The minimum atomic E-state index is -0.370. The zero-order valence-electron chi connectivity index (χ0n) is 16.2. The fourth-order valence-corrected chi connectivity index (χ4v) is 2.75. The van der Waals surface area contributed by atoms with Crippen LogP contribution in [0.2, 0.25) is 0 Å². The van der Waals surface area contributed by atoms with E-state index in [1.165, 1.54) is 30.5 Å². The molecule has 0 radical (unpaired) electrons. The Balaban J connectivity index is 1.34. The van der Waals surface area contributed by atoms with E-state index in [4.69, 9.17) is 9.15 Å². The minimum absolute atomic E-state index is 0.202. The number of hydrogen-bond acceptors (Lipinski definition) is 4. The molecule has 4 aromatic rings. The first-order valence-corrected chi connectivity index (χ1v) is 9.36. The molecule has 1 heterocycles. The molecule has 2 N–H and O–H groups in total. The molecule has 0 saturated heterocycles. The molecule has 0 bridgehead atoms. The normalized spacial score (nSPS) is 10.4. The number of furan rings is 1. The highest BCUT2D eigenvalue weighted by Gasteiger charge is 2.10. The van der Waals surface area contributed by atoms with Gasteiger partial charge in [0.05, 0.1) is 6.26 Å². The average Bonchev–Trinajstić information content (AvgIpc) is 3.32. The Bertz CT molecular complexity index is 1170. The van der Waals surface area contributed by atoms with Gasteiger partial charge in [0.15, 0.2) is 5.76 Å². The van der Waals surface area contributed by atoms with E-state index in [1.54, 1.807) is 60.7 Å². The molecule has 2 amide bonds. The predicted molar refractivity (Wildman–Crippen MR) is 114 cm³/mol. The molecule has 0 spiro atoms. The van der Waals surface area contributed by atoms with Gasteiger partial charge in [-0.25, -0.2) is 4.39 Å². The van der Waals surface area contributed by atoms with Gasteiger partial charge in [0.1, 0.15) is 17.3 Å². The van der Waals surface area contributed by atoms with Crippen LogP contribution < -0.4 is 15.4 Å². The molecule has 4 rings (SSSR count). The molecule has 7 heteroatoms. The predicted octanol–water partition coefficient (Wildman–Crippen LogP) is 5.72. The Morgan fingerprint density at radius 1 is 0.710 bits per heavy atom. The third kappa shape index (κ3) is 5.16. The zero-order chi connectivity index (χ0) is 21.6. The summed E-state index contributed by atoms with van der Waals surface area (Å²) < 4.78 is 23.6. The van der Waals surface area contributed by atoms with E-state index in [2.05, 4.69) is 10.6 Å². The Labute approximate surface area is 177 Å². The number of ether oxygens (including phenoxy) is 1. The highest BCUT2D eigenvalue weighted by atomic mass is 19.1. The van der Waals surface area contributed by atoms with Crippen LogP contribution in [0.5, 0.6) is 11.5 Å². The molecule has 31 heavy (non-hydrogen) atoms. The largest absolute Gasteiger partial charge is 0.459 e. The fourth-order valence-electron chi connectivity index (χ4n) is 2.75. The minimum Gasteiger partial charge on any atom is -0.459 e. The van der Waals surface area contributed by atoms with E-state index in [0.717, 1.165) is 0 Å². The van der Waals surface area contributed by atoms with E-state index < -0.39 is 0 Å². The maximum Gasteiger partial charge on any atom is 0.291 e. The Morgan fingerprint density at radius 3 is 1.84 bits per heavy atom. The van der Waals surface area contributed by atoms with Crippen molar-refractivity contribution in [2.24, 2.45) is 0 Å². The number of rotatable bonds is 6. The maximum absolute atomic E-state index is 13.0. The van der Waals surface area contributed by atoms with Crippen molar-refractivity contribution in [2.75, 3.05) is 10.6 Å². The lowest BCUT2D eigenvalue weighted by Gasteiger charge is -2.09. The third-order valence-corrected chi connectivity index (χ3v) is 4.31. The summed E-state index contributed by atoms with van der Waals surface area (Å²) >= 11 is 0. The van der Waals surface area contributed by atoms with Crippen molar-refractivity contribution in [3.63, 3.8) is 0 Å². The van der Waals surface area contributed by atoms with Crippen LogP contribution in [-0.4, -0.2) is 11.8 Å². The van der Waals surface area contributed by atoms with Gasteiger partial charge in [-0.3, -0.25) is 9.59 Å². The lowest BCUT2D eigenvalue weighted by molar-refractivity contribution is 0.0995. The molecular formula is C24H17FN2O4. The summed E-state index contributed by atoms with van der Waals surface area (Å²) in [4.78, 5) is 24.4. The van der Waals surface area contributed by atoms with Crippen molar-refractivity contribution in [2.45, 2.75) is 0 Å². The summed E-state index contributed by atoms with van der Waals surface area (Å²) in [5.41, 5.74) is 1.56. The molecule has 0 aliphatic carbocycles. The number of carbonyl (C=O) groups is 2. The Morgan fingerprint density at radius 2 is 1.26 bits per heavy atom. The standard InChI is InChI=1S/C24H17FN2O4/c25-17-5-11-20(12-6-17)31-21-13-9-19(10-14-21)26-23(28)16-3-7-18(8-4-16)27-24(29)22-2-1-15-30-22/h1-15H,(H,26,28)(H,27,29). The summed E-state index contributed by atoms with van der Waals surface area (Å²) in [5.74, 6) is 0.270. The van der Waals surface area contributed by atoms with E-state index in [0.29, 0.717) is 28.4 Å². The summed E-state index contributed by atoms with van der Waals surface area (Å²) in [7, 11) is 0. The molecule has 0 unspecified atom stereocenters. The number of anilines is 2. The van der Waals surface area contributed by atoms with Crippen LogP contribution in [0.1, 0.15) is 20.9 Å². The van der Waals surface area contributed by atoms with Gasteiger partial charge in [-0.15, -0.1) is 0 Å². The van der Waals surface area contributed by atoms with Gasteiger partial charge in [0, 0.05) is 16.9 Å². The molecule has 154 valence electrons.